The van der Waals surface area contributed by atoms with E-state index in [1.54, 1.807) is 0 Å². The van der Waals surface area contributed by atoms with Gasteiger partial charge in [-0.1, -0.05) is 84.9 Å². The zero-order valence-electron chi connectivity index (χ0n) is 14.2. The van der Waals surface area contributed by atoms with Gasteiger partial charge in [0.05, 0.1) is 0 Å². The molecule has 0 N–H and O–H groups in total. The minimum absolute atomic E-state index is 1.28. The van der Waals surface area contributed by atoms with Crippen LogP contribution in [0.4, 0.5) is 0 Å². The summed E-state index contributed by atoms with van der Waals surface area (Å²) in [7, 11) is 0. The third-order valence-corrected chi connectivity index (χ3v) is 5.57. The molecule has 0 bridgehead atoms. The van der Waals surface area contributed by atoms with Gasteiger partial charge in [-0.2, -0.15) is 0 Å². The summed E-state index contributed by atoms with van der Waals surface area (Å²) in [5.41, 5.74) is 5.37. The zero-order valence-corrected chi connectivity index (χ0v) is 14.2. The summed E-state index contributed by atoms with van der Waals surface area (Å²) in [6, 6.07) is 35.4. The first-order valence-electron chi connectivity index (χ1n) is 9.05. The van der Waals surface area contributed by atoms with Gasteiger partial charge in [-0.3, -0.25) is 0 Å². The highest BCUT2D eigenvalue weighted by Crippen LogP contribution is 2.47. The van der Waals surface area contributed by atoms with E-state index in [9.17, 15) is 0 Å². The van der Waals surface area contributed by atoms with E-state index in [4.69, 9.17) is 0 Å². The Morgan fingerprint density at radius 1 is 0.385 bits per heavy atom. The molecule has 3 aliphatic rings. The monoisotopic (exact) mass is 328 g/mol. The van der Waals surface area contributed by atoms with Crippen molar-refractivity contribution < 1.29 is 0 Å². The van der Waals surface area contributed by atoms with Gasteiger partial charge in [0.2, 0.25) is 0 Å². The summed E-state index contributed by atoms with van der Waals surface area (Å²) in [6.07, 6.45) is 0. The summed E-state index contributed by atoms with van der Waals surface area (Å²) >= 11 is 0. The van der Waals surface area contributed by atoms with Crippen LogP contribution in [-0.2, 0) is 0 Å². The van der Waals surface area contributed by atoms with Gasteiger partial charge in [-0.15, -0.1) is 0 Å². The van der Waals surface area contributed by atoms with Crippen molar-refractivity contribution in [3.8, 4) is 22.3 Å². The Labute approximate surface area is 152 Å². The second-order valence-electron chi connectivity index (χ2n) is 7.00. The first-order valence-corrected chi connectivity index (χ1v) is 9.05. The van der Waals surface area contributed by atoms with Crippen molar-refractivity contribution in [2.24, 2.45) is 0 Å². The van der Waals surface area contributed by atoms with Crippen molar-refractivity contribution in [2.45, 2.75) is 0 Å². The molecule has 3 aromatic rings. The van der Waals surface area contributed by atoms with Crippen LogP contribution in [0, 0.1) is 0 Å². The maximum absolute atomic E-state index is 2.36. The molecule has 3 aliphatic carbocycles. The molecule has 6 rings (SSSR count). The third-order valence-electron chi connectivity index (χ3n) is 5.57. The van der Waals surface area contributed by atoms with Crippen molar-refractivity contribution in [3.63, 3.8) is 0 Å². The minimum atomic E-state index is 1.28. The Balaban J connectivity index is 1.97. The predicted molar refractivity (Wildman–Crippen MR) is 112 cm³/mol. The summed E-state index contributed by atoms with van der Waals surface area (Å²) < 4.78 is 0. The maximum atomic E-state index is 2.36. The Bertz CT molecular complexity index is 1370. The van der Waals surface area contributed by atoms with Crippen molar-refractivity contribution in [1.29, 1.82) is 0 Å². The lowest BCUT2D eigenvalue weighted by atomic mass is 9.93. The number of hydrogen-bond acceptors (Lipinski definition) is 0. The number of rotatable bonds is 0. The van der Waals surface area contributed by atoms with Crippen molar-refractivity contribution in [1.82, 2.24) is 0 Å². The van der Waals surface area contributed by atoms with Gasteiger partial charge in [0, 0.05) is 0 Å². The van der Waals surface area contributed by atoms with E-state index in [0.717, 1.165) is 0 Å². The highest BCUT2D eigenvalue weighted by molar-refractivity contribution is 6.20. The smallest absolute Gasteiger partial charge is 0.00141 e. The maximum Gasteiger partial charge on any atom is -0.00141 e. The van der Waals surface area contributed by atoms with Gasteiger partial charge in [0.25, 0.3) is 0 Å². The van der Waals surface area contributed by atoms with E-state index >= 15 is 0 Å². The van der Waals surface area contributed by atoms with Gasteiger partial charge >= 0.3 is 0 Å². The molecule has 0 atom stereocenters. The molecule has 0 heterocycles. The van der Waals surface area contributed by atoms with Gasteiger partial charge in [-0.25, -0.2) is 0 Å². The van der Waals surface area contributed by atoms with Crippen LogP contribution in [0.25, 0.3) is 54.6 Å². The lowest BCUT2D eigenvalue weighted by Crippen LogP contribution is -1.82. The lowest BCUT2D eigenvalue weighted by molar-refractivity contribution is 1.74. The summed E-state index contributed by atoms with van der Waals surface area (Å²) in [5, 5.41) is 7.88. The van der Waals surface area contributed by atoms with Crippen LogP contribution in [0.15, 0.2) is 97.1 Å². The topological polar surface area (TPSA) is 0 Å². The molecule has 0 aliphatic heterocycles. The largest absolute Gasteiger partial charge is 0.0616 e. The Kier molecular flexibility index (Phi) is 2.70. The Hall–Kier alpha value is -3.38. The van der Waals surface area contributed by atoms with Gasteiger partial charge in [-0.05, 0) is 66.7 Å². The normalized spacial score (nSPS) is 11.8. The zero-order chi connectivity index (χ0) is 17.1. The predicted octanol–water partition coefficient (Wildman–Crippen LogP) is 7.36. The fourth-order valence-electron chi connectivity index (χ4n) is 4.43. The van der Waals surface area contributed by atoms with E-state index in [0.29, 0.717) is 0 Å². The first kappa shape index (κ1) is 13.9. The molecule has 0 saturated heterocycles. The molecule has 26 heavy (non-hydrogen) atoms. The SMILES string of the molecule is c1ccc2c3cc4ccccc4c-3c3c4ccccc4cc-3ccc2c1. The van der Waals surface area contributed by atoms with Crippen LogP contribution >= 0.6 is 0 Å². The second kappa shape index (κ2) is 5.06. The molecule has 0 fully saturated rings. The Morgan fingerprint density at radius 3 is 1.73 bits per heavy atom. The first-order chi connectivity index (χ1) is 12.9. The van der Waals surface area contributed by atoms with Crippen LogP contribution in [-0.4, -0.2) is 0 Å². The highest BCUT2D eigenvalue weighted by Gasteiger charge is 2.20. The summed E-state index contributed by atoms with van der Waals surface area (Å²) in [4.78, 5) is 0. The van der Waals surface area contributed by atoms with Gasteiger partial charge < -0.3 is 0 Å². The molecule has 0 amide bonds. The number of benzene rings is 3. The second-order valence-corrected chi connectivity index (χ2v) is 7.00. The minimum Gasteiger partial charge on any atom is -0.0616 e. The van der Waals surface area contributed by atoms with E-state index in [1.807, 2.05) is 0 Å². The van der Waals surface area contributed by atoms with Crippen LogP contribution in [0.5, 0.6) is 0 Å². The molecular weight excluding hydrogens is 312 g/mol. The van der Waals surface area contributed by atoms with Gasteiger partial charge in [0.15, 0.2) is 0 Å². The fraction of sp³-hybridized carbons (Fsp3) is 0. The Morgan fingerprint density at radius 2 is 0.962 bits per heavy atom. The average molecular weight is 328 g/mol. The highest BCUT2D eigenvalue weighted by atomic mass is 14.2. The molecule has 0 aromatic heterocycles. The average Bonchev–Trinajstić information content (AvgIpc) is 3.22. The number of fused-ring (bicyclic) bond motifs is 9. The van der Waals surface area contributed by atoms with E-state index in [-0.39, 0.29) is 0 Å². The standard InChI is InChI=1S/C26H16/c1-4-10-21-17(7-1)13-14-20-15-18-8-2-5-11-22(18)25(20)26-23-12-6-3-9-19(23)16-24(21)26/h1-16H. The fourth-order valence-corrected chi connectivity index (χ4v) is 4.43. The molecule has 0 unspecified atom stereocenters. The van der Waals surface area contributed by atoms with E-state index < -0.39 is 0 Å². The van der Waals surface area contributed by atoms with Crippen LogP contribution in [0.1, 0.15) is 0 Å². The van der Waals surface area contributed by atoms with Crippen molar-refractivity contribution in [3.05, 3.63) is 97.1 Å². The summed E-state index contributed by atoms with van der Waals surface area (Å²) in [5.74, 6) is 0. The van der Waals surface area contributed by atoms with Gasteiger partial charge in [0.1, 0.15) is 0 Å². The molecule has 0 saturated carbocycles. The number of hydrogen-bond donors (Lipinski definition) is 0. The van der Waals surface area contributed by atoms with Crippen molar-refractivity contribution >= 4 is 32.3 Å². The molecule has 0 nitrogen and oxygen atoms in total. The molecule has 3 aromatic carbocycles. The lowest BCUT2D eigenvalue weighted by Gasteiger charge is -2.10. The molecule has 0 heteroatoms. The molecular formula is C26H16. The van der Waals surface area contributed by atoms with Crippen LogP contribution in [0.3, 0.4) is 0 Å². The summed E-state index contributed by atoms with van der Waals surface area (Å²) in [6.45, 7) is 0. The van der Waals surface area contributed by atoms with Crippen molar-refractivity contribution in [2.75, 3.05) is 0 Å². The van der Waals surface area contributed by atoms with Crippen LogP contribution < -0.4 is 0 Å². The van der Waals surface area contributed by atoms with E-state index in [2.05, 4.69) is 97.1 Å². The quantitative estimate of drug-likeness (QED) is 0.273. The van der Waals surface area contributed by atoms with Crippen LogP contribution in [0.2, 0.25) is 0 Å². The third kappa shape index (κ3) is 1.79. The molecule has 0 spiro atoms. The molecule has 0 radical (unpaired) electrons. The molecule has 120 valence electrons. The van der Waals surface area contributed by atoms with E-state index in [1.165, 1.54) is 54.6 Å².